The lowest BCUT2D eigenvalue weighted by Gasteiger charge is -2.18. The molecule has 1 heteroatoms. The molecule has 0 radical (unpaired) electrons. The summed E-state index contributed by atoms with van der Waals surface area (Å²) in [6, 6.07) is 0. The molecule has 1 aliphatic carbocycles. The van der Waals surface area contributed by atoms with Crippen LogP contribution in [-0.4, -0.2) is 11.2 Å². The van der Waals surface area contributed by atoms with Crippen LogP contribution in [0.15, 0.2) is 12.2 Å². The van der Waals surface area contributed by atoms with Gasteiger partial charge in [0.1, 0.15) is 0 Å². The Morgan fingerprint density at radius 3 is 2.45 bits per heavy atom. The van der Waals surface area contributed by atoms with Gasteiger partial charge in [-0.15, -0.1) is 0 Å². The maximum Gasteiger partial charge on any atom is 0.0571 e. The van der Waals surface area contributed by atoms with Gasteiger partial charge in [-0.3, -0.25) is 0 Å². The first-order valence-corrected chi connectivity index (χ1v) is 4.45. The Bertz CT molecular complexity index is 154. The van der Waals surface area contributed by atoms with E-state index in [0.29, 0.717) is 0 Å². The molecular formula is C10H18O. The molecule has 0 saturated heterocycles. The van der Waals surface area contributed by atoms with Crippen LogP contribution in [0.4, 0.5) is 0 Å². The number of rotatable bonds is 4. The third-order valence-electron chi connectivity index (χ3n) is 2.88. The zero-order valence-corrected chi connectivity index (χ0v) is 7.56. The molecule has 0 aromatic rings. The first-order chi connectivity index (χ1) is 5.10. The highest BCUT2D eigenvalue weighted by molar-refractivity contribution is 5.08. The molecular weight excluding hydrogens is 136 g/mol. The first kappa shape index (κ1) is 8.79. The van der Waals surface area contributed by atoms with Gasteiger partial charge in [-0.2, -0.15) is 0 Å². The molecule has 1 saturated carbocycles. The van der Waals surface area contributed by atoms with Gasteiger partial charge < -0.3 is 5.11 Å². The fourth-order valence-electron chi connectivity index (χ4n) is 1.53. The minimum absolute atomic E-state index is 0.147. The van der Waals surface area contributed by atoms with Gasteiger partial charge >= 0.3 is 0 Å². The highest BCUT2D eigenvalue weighted by Gasteiger charge is 2.46. The van der Waals surface area contributed by atoms with Crippen molar-refractivity contribution in [3.8, 4) is 0 Å². The van der Waals surface area contributed by atoms with Gasteiger partial charge in [0.25, 0.3) is 0 Å². The molecule has 0 spiro atoms. The maximum atomic E-state index is 9.45. The third-order valence-corrected chi connectivity index (χ3v) is 2.88. The summed E-state index contributed by atoms with van der Waals surface area (Å²) in [5.74, 6) is 0. The van der Waals surface area contributed by atoms with Crippen molar-refractivity contribution in [2.75, 3.05) is 0 Å². The molecule has 0 aromatic carbocycles. The summed E-state index contributed by atoms with van der Waals surface area (Å²) >= 11 is 0. The van der Waals surface area contributed by atoms with Crippen molar-refractivity contribution in [1.82, 2.24) is 0 Å². The summed E-state index contributed by atoms with van der Waals surface area (Å²) in [5.41, 5.74) is 1.51. The van der Waals surface area contributed by atoms with E-state index in [1.54, 1.807) is 0 Å². The quantitative estimate of drug-likeness (QED) is 0.617. The summed E-state index contributed by atoms with van der Waals surface area (Å²) in [4.78, 5) is 0. The highest BCUT2D eigenvalue weighted by Crippen LogP contribution is 2.53. The summed E-state index contributed by atoms with van der Waals surface area (Å²) in [6.07, 6.45) is 4.30. The molecule has 1 rings (SSSR count). The van der Waals surface area contributed by atoms with Gasteiger partial charge in [-0.05, 0) is 38.0 Å². The van der Waals surface area contributed by atoms with E-state index in [1.807, 2.05) is 6.92 Å². The van der Waals surface area contributed by atoms with Crippen LogP contribution in [-0.2, 0) is 0 Å². The van der Waals surface area contributed by atoms with Crippen LogP contribution in [0.1, 0.15) is 39.5 Å². The van der Waals surface area contributed by atoms with Crippen LogP contribution in [0.2, 0.25) is 0 Å². The molecule has 1 atom stereocenters. The summed E-state index contributed by atoms with van der Waals surface area (Å²) in [7, 11) is 0. The molecule has 1 N–H and O–H groups in total. The molecule has 0 heterocycles. The van der Waals surface area contributed by atoms with Gasteiger partial charge in [0, 0.05) is 0 Å². The van der Waals surface area contributed by atoms with E-state index in [4.69, 9.17) is 0 Å². The molecule has 1 nitrogen and oxygen atoms in total. The van der Waals surface area contributed by atoms with Crippen LogP contribution in [0, 0.1) is 5.41 Å². The first-order valence-electron chi connectivity index (χ1n) is 4.45. The fraction of sp³-hybridized carbons (Fsp3) is 0.800. The lowest BCUT2D eigenvalue weighted by atomic mass is 9.91. The Morgan fingerprint density at radius 2 is 2.18 bits per heavy atom. The lowest BCUT2D eigenvalue weighted by molar-refractivity contribution is 0.110. The number of allylic oxidation sites excluding steroid dienone is 1. The molecule has 0 aliphatic heterocycles. The Hall–Kier alpha value is -0.300. The highest BCUT2D eigenvalue weighted by atomic mass is 16.3. The summed E-state index contributed by atoms with van der Waals surface area (Å²) in [5, 5.41) is 9.45. The van der Waals surface area contributed by atoms with Gasteiger partial charge in [0.05, 0.1) is 6.10 Å². The zero-order chi connectivity index (χ0) is 8.48. The molecule has 0 bridgehead atoms. The van der Waals surface area contributed by atoms with Crippen molar-refractivity contribution >= 4 is 0 Å². The van der Waals surface area contributed by atoms with Gasteiger partial charge in [-0.25, -0.2) is 0 Å². The van der Waals surface area contributed by atoms with E-state index >= 15 is 0 Å². The van der Waals surface area contributed by atoms with Crippen LogP contribution < -0.4 is 0 Å². The maximum absolute atomic E-state index is 9.45. The third kappa shape index (κ3) is 1.84. The van der Waals surface area contributed by atoms with E-state index in [2.05, 4.69) is 13.5 Å². The average molecular weight is 154 g/mol. The van der Waals surface area contributed by atoms with Crippen molar-refractivity contribution in [1.29, 1.82) is 0 Å². The lowest BCUT2D eigenvalue weighted by Crippen LogP contribution is -2.18. The van der Waals surface area contributed by atoms with Gasteiger partial charge in [0.15, 0.2) is 0 Å². The van der Waals surface area contributed by atoms with Crippen LogP contribution in [0.5, 0.6) is 0 Å². The molecule has 64 valence electrons. The number of hydrogen-bond acceptors (Lipinski definition) is 1. The minimum Gasteiger partial charge on any atom is -0.393 e. The molecule has 1 aliphatic rings. The monoisotopic (exact) mass is 154 g/mol. The van der Waals surface area contributed by atoms with E-state index in [0.717, 1.165) is 12.8 Å². The topological polar surface area (TPSA) is 20.2 Å². The average Bonchev–Trinajstić information content (AvgIpc) is 2.69. The molecule has 11 heavy (non-hydrogen) atoms. The molecule has 1 fully saturated rings. The van der Waals surface area contributed by atoms with Crippen molar-refractivity contribution in [2.45, 2.75) is 45.6 Å². The summed E-state index contributed by atoms with van der Waals surface area (Å²) in [6.45, 7) is 7.99. The van der Waals surface area contributed by atoms with Crippen molar-refractivity contribution < 1.29 is 5.11 Å². The van der Waals surface area contributed by atoms with Crippen LogP contribution in [0.25, 0.3) is 0 Å². The second kappa shape index (κ2) is 2.98. The smallest absolute Gasteiger partial charge is 0.0571 e. The van der Waals surface area contributed by atoms with E-state index in [-0.39, 0.29) is 11.5 Å². The predicted octanol–water partition coefficient (Wildman–Crippen LogP) is 2.50. The van der Waals surface area contributed by atoms with E-state index < -0.39 is 0 Å². The Labute approximate surface area is 69.1 Å². The number of hydrogen-bond donors (Lipinski definition) is 1. The predicted molar refractivity (Wildman–Crippen MR) is 47.4 cm³/mol. The Balaban J connectivity index is 2.41. The second-order valence-corrected chi connectivity index (χ2v) is 3.82. The van der Waals surface area contributed by atoms with Crippen LogP contribution in [0.3, 0.4) is 0 Å². The largest absolute Gasteiger partial charge is 0.393 e. The molecule has 1 unspecified atom stereocenters. The van der Waals surface area contributed by atoms with E-state index in [1.165, 1.54) is 18.4 Å². The fourth-order valence-corrected chi connectivity index (χ4v) is 1.53. The normalized spacial score (nSPS) is 22.8. The summed E-state index contributed by atoms with van der Waals surface area (Å²) < 4.78 is 0. The van der Waals surface area contributed by atoms with Crippen molar-refractivity contribution in [3.63, 3.8) is 0 Å². The number of aliphatic hydroxyl groups is 1. The Kier molecular flexibility index (Phi) is 2.38. The standard InChI is InChI=1S/C10H18O/c1-4-8(2)7-10(5-6-10)9(3)11/h9,11H,2,4-7H2,1,3H3. The SMILES string of the molecule is C=C(CC)CC1(C(C)O)CC1. The Morgan fingerprint density at radius 1 is 1.64 bits per heavy atom. The van der Waals surface area contributed by atoms with Gasteiger partial charge in [0.2, 0.25) is 0 Å². The minimum atomic E-state index is -0.147. The van der Waals surface area contributed by atoms with Gasteiger partial charge in [-0.1, -0.05) is 19.1 Å². The van der Waals surface area contributed by atoms with E-state index in [9.17, 15) is 5.11 Å². The van der Waals surface area contributed by atoms with Crippen LogP contribution >= 0.6 is 0 Å². The number of aliphatic hydroxyl groups excluding tert-OH is 1. The molecule has 0 aromatic heterocycles. The second-order valence-electron chi connectivity index (χ2n) is 3.82. The van der Waals surface area contributed by atoms with Crippen molar-refractivity contribution in [3.05, 3.63) is 12.2 Å². The molecule has 0 amide bonds. The zero-order valence-electron chi connectivity index (χ0n) is 7.56. The van der Waals surface area contributed by atoms with Crippen molar-refractivity contribution in [2.24, 2.45) is 5.41 Å².